The van der Waals surface area contributed by atoms with Gasteiger partial charge in [0, 0.05) is 51.4 Å². The summed E-state index contributed by atoms with van der Waals surface area (Å²) in [6.45, 7) is 11.8. The van der Waals surface area contributed by atoms with Gasteiger partial charge in [0.15, 0.2) is 0 Å². The van der Waals surface area contributed by atoms with Crippen molar-refractivity contribution < 1.29 is 23.9 Å². The number of hydrogen-bond donors (Lipinski definition) is 2. The molecule has 1 aromatic rings. The molecule has 1 unspecified atom stereocenters. The van der Waals surface area contributed by atoms with Crippen molar-refractivity contribution >= 4 is 17.8 Å². The van der Waals surface area contributed by atoms with Crippen LogP contribution in [0.3, 0.4) is 0 Å². The van der Waals surface area contributed by atoms with Crippen LogP contribution in [0.25, 0.3) is 0 Å². The van der Waals surface area contributed by atoms with Gasteiger partial charge in [-0.1, -0.05) is 0 Å². The fourth-order valence-corrected chi connectivity index (χ4v) is 4.69. The third-order valence-electron chi connectivity index (χ3n) is 6.64. The number of esters is 1. The molecule has 2 fully saturated rings. The molecule has 0 radical (unpaired) electrons. The quantitative estimate of drug-likeness (QED) is 0.538. The van der Waals surface area contributed by atoms with Crippen LogP contribution < -0.4 is 5.32 Å². The first-order valence-corrected chi connectivity index (χ1v) is 12.1. The van der Waals surface area contributed by atoms with Gasteiger partial charge in [0.2, 0.25) is 11.8 Å². The fraction of sp³-hybridized carbons (Fsp3) is 0.708. The molecule has 0 aromatic carbocycles. The smallest absolute Gasteiger partial charge is 0.355 e. The van der Waals surface area contributed by atoms with Crippen LogP contribution in [0.4, 0.5) is 0 Å². The Morgan fingerprint density at radius 2 is 1.94 bits per heavy atom. The van der Waals surface area contributed by atoms with Crippen LogP contribution in [0.2, 0.25) is 0 Å². The van der Waals surface area contributed by atoms with Gasteiger partial charge in [-0.25, -0.2) is 4.79 Å². The number of amides is 2. The molecule has 3 rings (SSSR count). The first-order valence-electron chi connectivity index (χ1n) is 12.1. The molecule has 3 heterocycles. The Hall–Kier alpha value is -2.39. The monoisotopic (exact) mass is 462 g/mol. The minimum absolute atomic E-state index is 0.0390. The number of likely N-dealkylation sites (tertiary alicyclic amines) is 1. The lowest BCUT2D eigenvalue weighted by Crippen LogP contribution is -2.47. The zero-order valence-electron chi connectivity index (χ0n) is 20.2. The average molecular weight is 463 g/mol. The maximum atomic E-state index is 12.9. The number of ether oxygens (including phenoxy) is 2. The van der Waals surface area contributed by atoms with Crippen molar-refractivity contribution in [2.45, 2.75) is 46.5 Å². The summed E-state index contributed by atoms with van der Waals surface area (Å²) >= 11 is 0. The lowest BCUT2D eigenvalue weighted by Gasteiger charge is -2.32. The molecule has 9 heteroatoms. The Balaban J connectivity index is 1.46. The number of aromatic nitrogens is 1. The number of aromatic amines is 1. The van der Waals surface area contributed by atoms with Gasteiger partial charge in [0.05, 0.1) is 25.7 Å². The van der Waals surface area contributed by atoms with E-state index in [1.807, 2.05) is 18.7 Å². The first-order chi connectivity index (χ1) is 15.9. The van der Waals surface area contributed by atoms with Crippen LogP contribution in [-0.4, -0.2) is 91.7 Å². The topological polar surface area (TPSA) is 104 Å². The van der Waals surface area contributed by atoms with E-state index in [1.54, 1.807) is 6.92 Å². The lowest BCUT2D eigenvalue weighted by molar-refractivity contribution is -0.135. The van der Waals surface area contributed by atoms with Crippen LogP contribution in [0.5, 0.6) is 0 Å². The van der Waals surface area contributed by atoms with Crippen molar-refractivity contribution in [1.29, 1.82) is 0 Å². The Bertz CT molecular complexity index is 831. The Labute approximate surface area is 196 Å². The van der Waals surface area contributed by atoms with Gasteiger partial charge >= 0.3 is 5.97 Å². The minimum Gasteiger partial charge on any atom is -0.461 e. The van der Waals surface area contributed by atoms with Crippen molar-refractivity contribution in [3.63, 3.8) is 0 Å². The van der Waals surface area contributed by atoms with Crippen molar-refractivity contribution in [2.24, 2.45) is 5.92 Å². The molecule has 2 aliphatic heterocycles. The second-order valence-electron chi connectivity index (χ2n) is 8.87. The van der Waals surface area contributed by atoms with Crippen molar-refractivity contribution in [3.05, 3.63) is 22.5 Å². The van der Waals surface area contributed by atoms with E-state index in [9.17, 15) is 14.4 Å². The highest BCUT2D eigenvalue weighted by molar-refractivity contribution is 5.90. The second kappa shape index (κ2) is 12.2. The van der Waals surface area contributed by atoms with Crippen molar-refractivity contribution in [3.8, 4) is 0 Å². The highest BCUT2D eigenvalue weighted by Crippen LogP contribution is 2.22. The lowest BCUT2D eigenvalue weighted by atomic mass is 9.96. The largest absolute Gasteiger partial charge is 0.461 e. The maximum Gasteiger partial charge on any atom is 0.355 e. The summed E-state index contributed by atoms with van der Waals surface area (Å²) in [4.78, 5) is 44.9. The van der Waals surface area contributed by atoms with Gasteiger partial charge in [-0.2, -0.15) is 0 Å². The molecule has 2 amide bonds. The molecule has 0 saturated carbocycles. The van der Waals surface area contributed by atoms with E-state index < -0.39 is 0 Å². The highest BCUT2D eigenvalue weighted by atomic mass is 16.5. The summed E-state index contributed by atoms with van der Waals surface area (Å²) in [6.07, 6.45) is 2.56. The predicted molar refractivity (Wildman–Crippen MR) is 124 cm³/mol. The van der Waals surface area contributed by atoms with Gasteiger partial charge < -0.3 is 24.7 Å². The maximum absolute atomic E-state index is 12.9. The normalized spacial score (nSPS) is 19.4. The highest BCUT2D eigenvalue weighted by Gasteiger charge is 2.28. The molecule has 184 valence electrons. The van der Waals surface area contributed by atoms with Crippen LogP contribution in [0, 0.1) is 19.8 Å². The van der Waals surface area contributed by atoms with Gasteiger partial charge in [-0.3, -0.25) is 14.5 Å². The number of nitrogens with one attached hydrogen (secondary N) is 2. The molecule has 9 nitrogen and oxygen atoms in total. The Morgan fingerprint density at radius 1 is 1.18 bits per heavy atom. The number of morpholine rings is 1. The van der Waals surface area contributed by atoms with E-state index in [4.69, 9.17) is 9.47 Å². The first kappa shape index (κ1) is 25.2. The number of H-pyrrole nitrogens is 1. The minimum atomic E-state index is -0.366. The SMILES string of the molecule is CCOC(=O)c1[nH]c(C)c(CCC(=O)N2CCCC(C(=O)NCCN3CCOCC3)C2)c1C. The summed E-state index contributed by atoms with van der Waals surface area (Å²) < 4.78 is 10.5. The summed E-state index contributed by atoms with van der Waals surface area (Å²) in [6, 6.07) is 0. The molecular formula is C24H38N4O5. The number of hydrogen-bond acceptors (Lipinski definition) is 6. The van der Waals surface area contributed by atoms with Crippen molar-refractivity contribution in [2.75, 3.05) is 59.1 Å². The third-order valence-corrected chi connectivity index (χ3v) is 6.64. The number of rotatable bonds is 9. The predicted octanol–water partition coefficient (Wildman–Crippen LogP) is 1.43. The Kier molecular flexibility index (Phi) is 9.31. The summed E-state index contributed by atoms with van der Waals surface area (Å²) in [5.74, 6) is -0.427. The standard InChI is InChI=1S/C24H38N4O5/c1-4-33-24(31)22-17(2)20(18(3)26-22)7-8-21(29)28-10-5-6-19(16-28)23(30)25-9-11-27-12-14-32-15-13-27/h19,26H,4-16H2,1-3H3,(H,25,30). The molecular weight excluding hydrogens is 424 g/mol. The number of carbonyl (C=O) groups excluding carboxylic acids is 3. The molecule has 2 saturated heterocycles. The van der Waals surface area contributed by atoms with E-state index >= 15 is 0 Å². The van der Waals surface area contributed by atoms with Crippen LogP contribution >= 0.6 is 0 Å². The number of piperidine rings is 1. The van der Waals surface area contributed by atoms with Gasteiger partial charge in [0.25, 0.3) is 0 Å². The van der Waals surface area contributed by atoms with Gasteiger partial charge in [0.1, 0.15) is 5.69 Å². The van der Waals surface area contributed by atoms with E-state index in [2.05, 4.69) is 15.2 Å². The zero-order chi connectivity index (χ0) is 23.8. The number of carbonyl (C=O) groups is 3. The Morgan fingerprint density at radius 3 is 2.67 bits per heavy atom. The molecule has 2 aliphatic rings. The average Bonchev–Trinajstić information content (AvgIpc) is 3.11. The molecule has 2 N–H and O–H groups in total. The van der Waals surface area contributed by atoms with Gasteiger partial charge in [-0.15, -0.1) is 0 Å². The third kappa shape index (κ3) is 6.80. The van der Waals surface area contributed by atoms with E-state index in [1.165, 1.54) is 0 Å². The number of nitrogens with zero attached hydrogens (tertiary/aromatic N) is 2. The molecule has 0 spiro atoms. The molecule has 0 bridgehead atoms. The number of aryl methyl sites for hydroxylation is 1. The molecule has 1 aromatic heterocycles. The van der Waals surface area contributed by atoms with E-state index in [-0.39, 0.29) is 23.7 Å². The van der Waals surface area contributed by atoms with Crippen LogP contribution in [0.1, 0.15) is 53.5 Å². The van der Waals surface area contributed by atoms with Crippen LogP contribution in [-0.2, 0) is 25.5 Å². The van der Waals surface area contributed by atoms with E-state index in [0.29, 0.717) is 44.8 Å². The fourth-order valence-electron chi connectivity index (χ4n) is 4.69. The summed E-state index contributed by atoms with van der Waals surface area (Å²) in [5, 5.41) is 3.05. The van der Waals surface area contributed by atoms with Crippen molar-refractivity contribution in [1.82, 2.24) is 20.1 Å². The summed E-state index contributed by atoms with van der Waals surface area (Å²) in [7, 11) is 0. The summed E-state index contributed by atoms with van der Waals surface area (Å²) in [5.41, 5.74) is 3.18. The zero-order valence-corrected chi connectivity index (χ0v) is 20.2. The van der Waals surface area contributed by atoms with E-state index in [0.717, 1.165) is 62.5 Å². The molecule has 33 heavy (non-hydrogen) atoms. The van der Waals surface area contributed by atoms with Gasteiger partial charge in [-0.05, 0) is 51.2 Å². The molecule has 0 aliphatic carbocycles. The molecule has 1 atom stereocenters. The second-order valence-corrected chi connectivity index (χ2v) is 8.87. The van der Waals surface area contributed by atoms with Crippen LogP contribution in [0.15, 0.2) is 0 Å².